The van der Waals surface area contributed by atoms with Crippen LogP contribution in [0, 0.1) is 6.92 Å². The largest absolute Gasteiger partial charge is 0.334 e. The van der Waals surface area contributed by atoms with Gasteiger partial charge in [-0.2, -0.15) is 10.1 Å². The van der Waals surface area contributed by atoms with Gasteiger partial charge in [0, 0.05) is 29.8 Å². The van der Waals surface area contributed by atoms with E-state index in [1.165, 1.54) is 10.6 Å². The quantitative estimate of drug-likeness (QED) is 0.529. The molecular weight excluding hydrogens is 346 g/mol. The van der Waals surface area contributed by atoms with Crippen molar-refractivity contribution in [3.05, 3.63) is 52.8 Å². The predicted octanol–water partition coefficient (Wildman–Crippen LogP) is 2.42. The van der Waals surface area contributed by atoms with Crippen molar-refractivity contribution in [2.75, 3.05) is 0 Å². The second kappa shape index (κ2) is 5.63. The van der Waals surface area contributed by atoms with Gasteiger partial charge in [0.05, 0.1) is 17.4 Å². The smallest absolute Gasteiger partial charge is 0.273 e. The Hall–Kier alpha value is -3.75. The average molecular weight is 361 g/mol. The first-order valence-electron chi connectivity index (χ1n) is 8.52. The summed E-state index contributed by atoms with van der Waals surface area (Å²) < 4.78 is 8.50. The molecule has 0 spiro atoms. The molecule has 5 rings (SSSR count). The number of benzene rings is 1. The van der Waals surface area contributed by atoms with Crippen LogP contribution in [-0.4, -0.2) is 34.5 Å². The molecule has 1 N–H and O–H groups in total. The van der Waals surface area contributed by atoms with Crippen LogP contribution in [0.2, 0.25) is 0 Å². The van der Waals surface area contributed by atoms with E-state index in [1.807, 2.05) is 36.0 Å². The number of rotatable bonds is 3. The van der Waals surface area contributed by atoms with E-state index < -0.39 is 0 Å². The highest BCUT2D eigenvalue weighted by molar-refractivity contribution is 5.84. The lowest BCUT2D eigenvalue weighted by Crippen LogP contribution is -2.14. The molecule has 0 aliphatic carbocycles. The molecule has 0 atom stereocenters. The molecule has 0 amide bonds. The van der Waals surface area contributed by atoms with Crippen LogP contribution in [-0.2, 0) is 6.54 Å². The maximum absolute atomic E-state index is 12.6. The Morgan fingerprint density at radius 2 is 2.11 bits per heavy atom. The summed E-state index contributed by atoms with van der Waals surface area (Å²) in [4.78, 5) is 21.5. The van der Waals surface area contributed by atoms with Gasteiger partial charge >= 0.3 is 0 Å². The van der Waals surface area contributed by atoms with Gasteiger partial charge in [0.1, 0.15) is 5.56 Å². The van der Waals surface area contributed by atoms with E-state index in [9.17, 15) is 4.79 Å². The lowest BCUT2D eigenvalue weighted by atomic mass is 10.1. The fourth-order valence-corrected chi connectivity index (χ4v) is 3.17. The fourth-order valence-electron chi connectivity index (χ4n) is 3.17. The molecule has 27 heavy (non-hydrogen) atoms. The summed E-state index contributed by atoms with van der Waals surface area (Å²) in [5.74, 6) is 0.830. The zero-order chi connectivity index (χ0) is 18.5. The number of fused-ring (bicyclic) bond motifs is 2. The maximum Gasteiger partial charge on any atom is 0.273 e. The summed E-state index contributed by atoms with van der Waals surface area (Å²) in [5, 5.41) is 12.1. The molecule has 0 bridgehead atoms. The van der Waals surface area contributed by atoms with Gasteiger partial charge in [0.25, 0.3) is 11.4 Å². The summed E-state index contributed by atoms with van der Waals surface area (Å²) >= 11 is 0. The first kappa shape index (κ1) is 15.5. The molecule has 0 aliphatic rings. The van der Waals surface area contributed by atoms with Gasteiger partial charge in [-0.25, -0.2) is 9.50 Å². The van der Waals surface area contributed by atoms with Crippen LogP contribution < -0.4 is 5.56 Å². The first-order chi connectivity index (χ1) is 13.1. The topological polar surface area (TPSA) is 107 Å². The lowest BCUT2D eigenvalue weighted by Gasteiger charge is -2.04. The Morgan fingerprint density at radius 1 is 1.22 bits per heavy atom. The number of hydrogen-bond donors (Lipinski definition) is 1. The van der Waals surface area contributed by atoms with E-state index in [-0.39, 0.29) is 5.56 Å². The van der Waals surface area contributed by atoms with Crippen LogP contribution in [0.15, 0.2) is 46.0 Å². The summed E-state index contributed by atoms with van der Waals surface area (Å²) in [6.45, 7) is 4.54. The van der Waals surface area contributed by atoms with Crippen molar-refractivity contribution >= 4 is 16.6 Å². The van der Waals surface area contributed by atoms with Crippen LogP contribution in [0.4, 0.5) is 0 Å². The highest BCUT2D eigenvalue weighted by Crippen LogP contribution is 2.25. The zero-order valence-corrected chi connectivity index (χ0v) is 14.7. The van der Waals surface area contributed by atoms with Crippen LogP contribution in [0.1, 0.15) is 12.7 Å². The summed E-state index contributed by atoms with van der Waals surface area (Å²) in [6.07, 6.45) is 3.46. The predicted molar refractivity (Wildman–Crippen MR) is 98.2 cm³/mol. The van der Waals surface area contributed by atoms with Crippen molar-refractivity contribution in [2.45, 2.75) is 20.4 Å². The highest BCUT2D eigenvalue weighted by atomic mass is 16.5. The van der Waals surface area contributed by atoms with E-state index in [1.54, 1.807) is 13.1 Å². The Labute approximate surface area is 152 Å². The molecule has 0 saturated heterocycles. The lowest BCUT2D eigenvalue weighted by molar-refractivity contribution is 0.426. The summed E-state index contributed by atoms with van der Waals surface area (Å²) in [5.41, 5.74) is 3.20. The molecule has 9 nitrogen and oxygen atoms in total. The van der Waals surface area contributed by atoms with E-state index in [0.29, 0.717) is 28.6 Å². The third kappa shape index (κ3) is 2.35. The molecule has 0 radical (unpaired) electrons. The van der Waals surface area contributed by atoms with Gasteiger partial charge in [0.2, 0.25) is 0 Å². The zero-order valence-electron chi connectivity index (χ0n) is 14.7. The van der Waals surface area contributed by atoms with E-state index in [0.717, 1.165) is 23.0 Å². The SMILES string of the molecule is CCn1ncc2ccc(-c3cc(=O)n4[nH]cc(-c5nc(C)no5)c4n3)cc21. The van der Waals surface area contributed by atoms with Gasteiger partial charge in [-0.15, -0.1) is 0 Å². The molecule has 1 aromatic carbocycles. The third-order valence-corrected chi connectivity index (χ3v) is 4.50. The number of aryl methyl sites for hydroxylation is 2. The van der Waals surface area contributed by atoms with E-state index in [4.69, 9.17) is 4.52 Å². The molecule has 0 unspecified atom stereocenters. The Balaban J connectivity index is 1.73. The maximum atomic E-state index is 12.6. The number of aromatic nitrogens is 7. The molecule has 5 aromatic rings. The minimum absolute atomic E-state index is 0.221. The molecule has 9 heteroatoms. The van der Waals surface area contributed by atoms with E-state index in [2.05, 4.69) is 25.3 Å². The van der Waals surface area contributed by atoms with E-state index >= 15 is 0 Å². The molecule has 4 aromatic heterocycles. The minimum Gasteiger partial charge on any atom is -0.334 e. The second-order valence-electron chi connectivity index (χ2n) is 6.21. The summed E-state index contributed by atoms with van der Waals surface area (Å²) in [7, 11) is 0. The molecular formula is C18H15N7O2. The number of H-pyrrole nitrogens is 1. The van der Waals surface area contributed by atoms with Crippen molar-refractivity contribution in [2.24, 2.45) is 0 Å². The van der Waals surface area contributed by atoms with Crippen molar-refractivity contribution in [3.63, 3.8) is 0 Å². The Bertz CT molecular complexity index is 1360. The Morgan fingerprint density at radius 3 is 2.89 bits per heavy atom. The second-order valence-corrected chi connectivity index (χ2v) is 6.21. The number of hydrogen-bond acceptors (Lipinski definition) is 6. The standard InChI is InChI=1S/C18H15N7O2/c1-3-24-15-6-11(4-5-12(15)8-19-24)14-7-16(26)25-17(22-14)13(9-20-25)18-21-10(2)23-27-18/h4-9,20H,3H2,1-2H3. The van der Waals surface area contributed by atoms with Crippen LogP contribution in [0.25, 0.3) is 39.3 Å². The van der Waals surface area contributed by atoms with Crippen LogP contribution in [0.3, 0.4) is 0 Å². The number of nitrogens with zero attached hydrogens (tertiary/aromatic N) is 6. The van der Waals surface area contributed by atoms with Crippen LogP contribution in [0.5, 0.6) is 0 Å². The fraction of sp³-hybridized carbons (Fsp3) is 0.167. The highest BCUT2D eigenvalue weighted by Gasteiger charge is 2.16. The Kier molecular flexibility index (Phi) is 3.23. The molecule has 0 saturated carbocycles. The van der Waals surface area contributed by atoms with Crippen molar-refractivity contribution in [1.29, 1.82) is 0 Å². The van der Waals surface area contributed by atoms with Crippen molar-refractivity contribution in [1.82, 2.24) is 34.5 Å². The molecule has 4 heterocycles. The monoisotopic (exact) mass is 361 g/mol. The van der Waals surface area contributed by atoms with Crippen LogP contribution >= 0.6 is 0 Å². The molecule has 134 valence electrons. The van der Waals surface area contributed by atoms with Gasteiger partial charge in [0.15, 0.2) is 11.5 Å². The first-order valence-corrected chi connectivity index (χ1v) is 8.52. The van der Waals surface area contributed by atoms with Gasteiger partial charge in [-0.05, 0) is 19.9 Å². The number of nitrogens with one attached hydrogen (secondary N) is 1. The average Bonchev–Trinajstić information content (AvgIpc) is 3.38. The third-order valence-electron chi connectivity index (χ3n) is 4.50. The number of aromatic amines is 1. The minimum atomic E-state index is -0.221. The normalized spacial score (nSPS) is 11.6. The molecule has 0 aliphatic heterocycles. The van der Waals surface area contributed by atoms with Crippen molar-refractivity contribution < 1.29 is 4.52 Å². The van der Waals surface area contributed by atoms with Gasteiger partial charge < -0.3 is 4.52 Å². The summed E-state index contributed by atoms with van der Waals surface area (Å²) in [6, 6.07) is 7.41. The molecule has 0 fully saturated rings. The van der Waals surface area contributed by atoms with Crippen molar-refractivity contribution in [3.8, 4) is 22.7 Å². The van der Waals surface area contributed by atoms with Gasteiger partial charge in [-0.3, -0.25) is 14.6 Å². The van der Waals surface area contributed by atoms with Gasteiger partial charge in [-0.1, -0.05) is 17.3 Å².